The molecule has 0 aliphatic carbocycles. The third-order valence-corrected chi connectivity index (χ3v) is 5.99. The van der Waals surface area contributed by atoms with E-state index in [4.69, 9.17) is 0 Å². The van der Waals surface area contributed by atoms with E-state index in [-0.39, 0.29) is 10.0 Å². The number of hydrogen-bond donors (Lipinski definition) is 1. The standard InChI is InChI=1S/C15H12BrF2NS2/c1-2-19-15(12-7-11-10(21-12)5-6-20-11)13-9(17)4-3-8(16)14(13)18/h3-7,15,19H,2H2,1H3. The molecule has 0 spiro atoms. The van der Waals surface area contributed by atoms with Crippen LogP contribution in [0.15, 0.2) is 34.1 Å². The Bertz CT molecular complexity index is 753. The Morgan fingerprint density at radius 3 is 2.76 bits per heavy atom. The summed E-state index contributed by atoms with van der Waals surface area (Å²) in [5.41, 5.74) is 0.0696. The van der Waals surface area contributed by atoms with Crippen molar-refractivity contribution in [2.24, 2.45) is 0 Å². The zero-order valence-electron chi connectivity index (χ0n) is 11.1. The highest BCUT2D eigenvalue weighted by atomic mass is 79.9. The minimum absolute atomic E-state index is 0.0696. The van der Waals surface area contributed by atoms with Crippen LogP contribution in [0.5, 0.6) is 0 Å². The molecule has 0 amide bonds. The molecule has 2 aromatic heterocycles. The molecule has 0 fully saturated rings. The highest BCUT2D eigenvalue weighted by molar-refractivity contribution is 9.10. The number of halogens is 3. The number of thiophene rings is 2. The summed E-state index contributed by atoms with van der Waals surface area (Å²) in [6.45, 7) is 2.55. The van der Waals surface area contributed by atoms with Crippen molar-refractivity contribution in [1.82, 2.24) is 5.32 Å². The molecule has 0 saturated heterocycles. The van der Waals surface area contributed by atoms with Crippen LogP contribution in [0, 0.1) is 11.6 Å². The van der Waals surface area contributed by atoms with Crippen molar-refractivity contribution in [2.45, 2.75) is 13.0 Å². The molecule has 6 heteroatoms. The number of benzene rings is 1. The SMILES string of the molecule is CCNC(c1cc2sccc2s1)c1c(F)ccc(Br)c1F. The van der Waals surface area contributed by atoms with Crippen LogP contribution in [0.3, 0.4) is 0 Å². The van der Waals surface area contributed by atoms with Crippen LogP contribution in [0.2, 0.25) is 0 Å². The summed E-state index contributed by atoms with van der Waals surface area (Å²) in [6.07, 6.45) is 0. The molecular formula is C15H12BrF2NS2. The van der Waals surface area contributed by atoms with Gasteiger partial charge in [0, 0.05) is 19.8 Å². The number of nitrogens with one attached hydrogen (secondary N) is 1. The number of fused-ring (bicyclic) bond motifs is 1. The van der Waals surface area contributed by atoms with Gasteiger partial charge in [0.2, 0.25) is 0 Å². The minimum Gasteiger partial charge on any atom is -0.306 e. The van der Waals surface area contributed by atoms with E-state index in [1.54, 1.807) is 22.7 Å². The number of rotatable bonds is 4. The fourth-order valence-corrected chi connectivity index (χ4v) is 4.83. The maximum absolute atomic E-state index is 14.4. The van der Waals surface area contributed by atoms with Gasteiger partial charge in [-0.15, -0.1) is 22.7 Å². The minimum atomic E-state index is -0.544. The molecule has 0 aliphatic rings. The fraction of sp³-hybridized carbons (Fsp3) is 0.200. The van der Waals surface area contributed by atoms with Crippen LogP contribution >= 0.6 is 38.6 Å². The maximum Gasteiger partial charge on any atom is 0.145 e. The quantitative estimate of drug-likeness (QED) is 0.565. The molecule has 1 N–H and O–H groups in total. The summed E-state index contributed by atoms with van der Waals surface area (Å²) < 4.78 is 31.1. The lowest BCUT2D eigenvalue weighted by Crippen LogP contribution is -2.23. The van der Waals surface area contributed by atoms with Crippen LogP contribution in [-0.2, 0) is 0 Å². The molecule has 3 rings (SSSR count). The predicted octanol–water partition coefficient (Wildman–Crippen LogP) is 5.70. The summed E-state index contributed by atoms with van der Waals surface area (Å²) in [6, 6.07) is 6.26. The van der Waals surface area contributed by atoms with Gasteiger partial charge in [-0.2, -0.15) is 0 Å². The lowest BCUT2D eigenvalue weighted by atomic mass is 10.0. The Morgan fingerprint density at radius 1 is 1.24 bits per heavy atom. The van der Waals surface area contributed by atoms with Gasteiger partial charge in [0.25, 0.3) is 0 Å². The third-order valence-electron chi connectivity index (χ3n) is 3.22. The second-order valence-electron chi connectivity index (χ2n) is 4.55. The molecule has 0 radical (unpaired) electrons. The van der Waals surface area contributed by atoms with Crippen molar-refractivity contribution in [1.29, 1.82) is 0 Å². The molecule has 1 nitrogen and oxygen atoms in total. The van der Waals surface area contributed by atoms with Crippen molar-refractivity contribution < 1.29 is 8.78 Å². The first-order valence-electron chi connectivity index (χ1n) is 6.45. The molecule has 1 atom stereocenters. The first-order chi connectivity index (χ1) is 10.1. The third kappa shape index (κ3) is 2.77. The van der Waals surface area contributed by atoms with E-state index < -0.39 is 17.7 Å². The van der Waals surface area contributed by atoms with Crippen LogP contribution in [0.1, 0.15) is 23.4 Å². The predicted molar refractivity (Wildman–Crippen MR) is 89.3 cm³/mol. The maximum atomic E-state index is 14.4. The van der Waals surface area contributed by atoms with Gasteiger partial charge >= 0.3 is 0 Å². The van der Waals surface area contributed by atoms with E-state index in [0.717, 1.165) is 14.3 Å². The zero-order chi connectivity index (χ0) is 15.0. The second kappa shape index (κ2) is 6.12. The molecule has 2 heterocycles. The van der Waals surface area contributed by atoms with E-state index in [2.05, 4.69) is 21.2 Å². The molecule has 1 aromatic carbocycles. The summed E-state index contributed by atoms with van der Waals surface area (Å²) >= 11 is 6.34. The molecule has 0 bridgehead atoms. The Morgan fingerprint density at radius 2 is 2.05 bits per heavy atom. The van der Waals surface area contributed by atoms with E-state index >= 15 is 0 Å². The lowest BCUT2D eigenvalue weighted by molar-refractivity contribution is 0.510. The molecule has 0 aliphatic heterocycles. The largest absolute Gasteiger partial charge is 0.306 e. The second-order valence-corrected chi connectivity index (χ2v) is 7.46. The Balaban J connectivity index is 2.14. The van der Waals surface area contributed by atoms with Gasteiger partial charge in [-0.05, 0) is 52.1 Å². The molecule has 21 heavy (non-hydrogen) atoms. The van der Waals surface area contributed by atoms with Gasteiger partial charge in [-0.1, -0.05) is 6.92 Å². The van der Waals surface area contributed by atoms with Crippen molar-refractivity contribution in [2.75, 3.05) is 6.54 Å². The highest BCUT2D eigenvalue weighted by Crippen LogP contribution is 2.38. The average molecular weight is 388 g/mol. The summed E-state index contributed by atoms with van der Waals surface area (Å²) in [5.74, 6) is -1.07. The Kier molecular flexibility index (Phi) is 4.40. The molecule has 110 valence electrons. The Labute approximate surface area is 137 Å². The van der Waals surface area contributed by atoms with Crippen LogP contribution in [0.25, 0.3) is 9.40 Å². The summed E-state index contributed by atoms with van der Waals surface area (Å²) in [7, 11) is 0. The molecule has 1 unspecified atom stereocenters. The van der Waals surface area contributed by atoms with Crippen molar-refractivity contribution in [3.8, 4) is 0 Å². The first kappa shape index (κ1) is 15.1. The van der Waals surface area contributed by atoms with Gasteiger partial charge in [0.1, 0.15) is 11.6 Å². The highest BCUT2D eigenvalue weighted by Gasteiger charge is 2.24. The van der Waals surface area contributed by atoms with Crippen LogP contribution in [-0.4, -0.2) is 6.54 Å². The van der Waals surface area contributed by atoms with E-state index in [1.165, 1.54) is 12.1 Å². The van der Waals surface area contributed by atoms with E-state index in [9.17, 15) is 8.78 Å². The Hall–Kier alpha value is -0.820. The summed E-state index contributed by atoms with van der Waals surface area (Å²) in [5, 5.41) is 5.21. The monoisotopic (exact) mass is 387 g/mol. The fourth-order valence-electron chi connectivity index (χ4n) is 2.28. The van der Waals surface area contributed by atoms with Gasteiger partial charge in [0.15, 0.2) is 0 Å². The average Bonchev–Trinajstić information content (AvgIpc) is 3.03. The van der Waals surface area contributed by atoms with Gasteiger partial charge < -0.3 is 5.32 Å². The molecular weight excluding hydrogens is 376 g/mol. The molecule has 0 saturated carbocycles. The summed E-state index contributed by atoms with van der Waals surface area (Å²) in [4.78, 5) is 0.926. The van der Waals surface area contributed by atoms with E-state index in [1.807, 2.05) is 24.4 Å². The van der Waals surface area contributed by atoms with E-state index in [0.29, 0.717) is 6.54 Å². The molecule has 3 aromatic rings. The topological polar surface area (TPSA) is 12.0 Å². The van der Waals surface area contributed by atoms with Gasteiger partial charge in [-0.3, -0.25) is 0 Å². The normalized spacial score (nSPS) is 13.0. The van der Waals surface area contributed by atoms with Crippen molar-refractivity contribution >= 4 is 48.0 Å². The van der Waals surface area contributed by atoms with Gasteiger partial charge in [-0.25, -0.2) is 8.78 Å². The lowest BCUT2D eigenvalue weighted by Gasteiger charge is -2.19. The van der Waals surface area contributed by atoms with Crippen LogP contribution < -0.4 is 5.32 Å². The number of hydrogen-bond acceptors (Lipinski definition) is 3. The van der Waals surface area contributed by atoms with Crippen molar-refractivity contribution in [3.05, 3.63) is 56.2 Å². The van der Waals surface area contributed by atoms with Crippen molar-refractivity contribution in [3.63, 3.8) is 0 Å². The smallest absolute Gasteiger partial charge is 0.145 e. The first-order valence-corrected chi connectivity index (χ1v) is 8.94. The van der Waals surface area contributed by atoms with Crippen LogP contribution in [0.4, 0.5) is 8.78 Å². The van der Waals surface area contributed by atoms with Gasteiger partial charge in [0.05, 0.1) is 10.5 Å². The zero-order valence-corrected chi connectivity index (χ0v) is 14.3.